The molecule has 0 aliphatic rings. The van der Waals surface area contributed by atoms with Crippen molar-refractivity contribution in [1.82, 2.24) is 0 Å². The van der Waals surface area contributed by atoms with Gasteiger partial charge in [0.1, 0.15) is 0 Å². The number of hydrogen-bond acceptors (Lipinski definition) is 2. The molecular formula is C10H14N2O. The standard InChI is InChI=1S/C10H14N2O/c1-3-7-8(10(11)13)5-4-6-9(7)12-2/h4-6,12H,3H2,1-2H3,(H2,11,13). The highest BCUT2D eigenvalue weighted by Gasteiger charge is 2.09. The minimum atomic E-state index is -0.367. The molecule has 0 heterocycles. The maximum absolute atomic E-state index is 11.0. The Morgan fingerprint density at radius 1 is 1.54 bits per heavy atom. The predicted octanol–water partition coefficient (Wildman–Crippen LogP) is 1.39. The van der Waals surface area contributed by atoms with Gasteiger partial charge in [0.15, 0.2) is 0 Å². The van der Waals surface area contributed by atoms with E-state index in [-0.39, 0.29) is 5.91 Å². The quantitative estimate of drug-likeness (QED) is 0.734. The Labute approximate surface area is 77.9 Å². The van der Waals surface area contributed by atoms with Gasteiger partial charge >= 0.3 is 0 Å². The van der Waals surface area contributed by atoms with Crippen LogP contribution in [-0.2, 0) is 6.42 Å². The molecular weight excluding hydrogens is 164 g/mol. The van der Waals surface area contributed by atoms with E-state index in [1.807, 2.05) is 26.1 Å². The van der Waals surface area contributed by atoms with Crippen LogP contribution >= 0.6 is 0 Å². The summed E-state index contributed by atoms with van der Waals surface area (Å²) < 4.78 is 0. The molecule has 13 heavy (non-hydrogen) atoms. The largest absolute Gasteiger partial charge is 0.388 e. The zero-order valence-corrected chi connectivity index (χ0v) is 7.92. The second-order valence-corrected chi connectivity index (χ2v) is 2.80. The number of carbonyl (C=O) groups is 1. The number of rotatable bonds is 3. The van der Waals surface area contributed by atoms with E-state index < -0.39 is 0 Å². The van der Waals surface area contributed by atoms with Crippen molar-refractivity contribution in [2.75, 3.05) is 12.4 Å². The van der Waals surface area contributed by atoms with Crippen molar-refractivity contribution < 1.29 is 4.79 Å². The Morgan fingerprint density at radius 3 is 2.69 bits per heavy atom. The maximum atomic E-state index is 11.0. The van der Waals surface area contributed by atoms with Gasteiger partial charge in [-0.2, -0.15) is 0 Å². The second-order valence-electron chi connectivity index (χ2n) is 2.80. The van der Waals surface area contributed by atoms with Crippen LogP contribution in [0.4, 0.5) is 5.69 Å². The molecule has 1 aromatic carbocycles. The lowest BCUT2D eigenvalue weighted by molar-refractivity contribution is 0.0999. The number of carbonyl (C=O) groups excluding carboxylic acids is 1. The molecule has 70 valence electrons. The number of nitrogens with one attached hydrogen (secondary N) is 1. The lowest BCUT2D eigenvalue weighted by Crippen LogP contribution is -2.14. The summed E-state index contributed by atoms with van der Waals surface area (Å²) in [5.41, 5.74) is 7.81. The Balaban J connectivity index is 3.27. The van der Waals surface area contributed by atoms with Crippen LogP contribution in [-0.4, -0.2) is 13.0 Å². The number of anilines is 1. The number of benzene rings is 1. The fourth-order valence-electron chi connectivity index (χ4n) is 1.43. The molecule has 0 atom stereocenters. The molecule has 0 unspecified atom stereocenters. The average Bonchev–Trinajstić information content (AvgIpc) is 2.16. The normalized spacial score (nSPS) is 9.69. The summed E-state index contributed by atoms with van der Waals surface area (Å²) in [5.74, 6) is -0.367. The smallest absolute Gasteiger partial charge is 0.249 e. The summed E-state index contributed by atoms with van der Waals surface area (Å²) in [6, 6.07) is 5.51. The van der Waals surface area contributed by atoms with Crippen LogP contribution in [0.3, 0.4) is 0 Å². The molecule has 0 saturated heterocycles. The number of hydrogen-bond donors (Lipinski definition) is 2. The van der Waals surface area contributed by atoms with Gasteiger partial charge in [-0.3, -0.25) is 4.79 Å². The molecule has 0 spiro atoms. The number of amides is 1. The van der Waals surface area contributed by atoms with Crippen molar-refractivity contribution in [1.29, 1.82) is 0 Å². The summed E-state index contributed by atoms with van der Waals surface area (Å²) in [6.45, 7) is 2.00. The van der Waals surface area contributed by atoms with Crippen LogP contribution in [0.15, 0.2) is 18.2 Å². The van der Waals surface area contributed by atoms with Crippen molar-refractivity contribution >= 4 is 11.6 Å². The van der Waals surface area contributed by atoms with Crippen LogP contribution < -0.4 is 11.1 Å². The SMILES string of the molecule is CCc1c(NC)cccc1C(N)=O. The third-order valence-electron chi connectivity index (χ3n) is 2.06. The first-order chi connectivity index (χ1) is 6.20. The Morgan fingerprint density at radius 2 is 2.23 bits per heavy atom. The van der Waals surface area contributed by atoms with Crippen molar-refractivity contribution in [3.63, 3.8) is 0 Å². The first-order valence-electron chi connectivity index (χ1n) is 4.30. The van der Waals surface area contributed by atoms with Gasteiger partial charge in [-0.05, 0) is 24.1 Å². The van der Waals surface area contributed by atoms with Crippen molar-refractivity contribution in [2.24, 2.45) is 5.73 Å². The van der Waals surface area contributed by atoms with E-state index in [0.717, 1.165) is 17.7 Å². The summed E-state index contributed by atoms with van der Waals surface area (Å²) in [4.78, 5) is 11.0. The van der Waals surface area contributed by atoms with E-state index in [2.05, 4.69) is 5.32 Å². The summed E-state index contributed by atoms with van der Waals surface area (Å²) in [6.07, 6.45) is 0.801. The van der Waals surface area contributed by atoms with E-state index in [1.54, 1.807) is 6.07 Å². The molecule has 3 N–H and O–H groups in total. The van der Waals surface area contributed by atoms with E-state index >= 15 is 0 Å². The van der Waals surface area contributed by atoms with Crippen LogP contribution in [0.25, 0.3) is 0 Å². The second kappa shape index (κ2) is 3.94. The first-order valence-corrected chi connectivity index (χ1v) is 4.30. The number of primary amides is 1. The molecule has 0 aromatic heterocycles. The van der Waals surface area contributed by atoms with E-state index in [1.165, 1.54) is 0 Å². The zero-order valence-electron chi connectivity index (χ0n) is 7.92. The highest BCUT2D eigenvalue weighted by Crippen LogP contribution is 2.19. The highest BCUT2D eigenvalue weighted by molar-refractivity contribution is 5.95. The fourth-order valence-corrected chi connectivity index (χ4v) is 1.43. The summed E-state index contributed by atoms with van der Waals surface area (Å²) >= 11 is 0. The monoisotopic (exact) mass is 178 g/mol. The van der Waals surface area contributed by atoms with Gasteiger partial charge in [0.25, 0.3) is 0 Å². The molecule has 3 nitrogen and oxygen atoms in total. The van der Waals surface area contributed by atoms with Gasteiger partial charge < -0.3 is 11.1 Å². The zero-order chi connectivity index (χ0) is 9.84. The minimum Gasteiger partial charge on any atom is -0.388 e. The third-order valence-corrected chi connectivity index (χ3v) is 2.06. The molecule has 0 fully saturated rings. The van der Waals surface area contributed by atoms with Gasteiger partial charge in [-0.25, -0.2) is 0 Å². The van der Waals surface area contributed by atoms with E-state index in [4.69, 9.17) is 5.73 Å². The molecule has 0 saturated carbocycles. The Bertz CT molecular complexity index is 321. The van der Waals surface area contributed by atoms with Gasteiger partial charge in [-0.1, -0.05) is 13.0 Å². The van der Waals surface area contributed by atoms with Gasteiger partial charge in [0, 0.05) is 18.3 Å². The summed E-state index contributed by atoms with van der Waals surface area (Å²) in [7, 11) is 1.83. The Kier molecular flexibility index (Phi) is 2.90. The lowest BCUT2D eigenvalue weighted by Gasteiger charge is -2.10. The molecule has 0 aliphatic heterocycles. The van der Waals surface area contributed by atoms with Gasteiger partial charge in [0.05, 0.1) is 0 Å². The van der Waals surface area contributed by atoms with Crippen LogP contribution in [0.5, 0.6) is 0 Å². The van der Waals surface area contributed by atoms with Crippen LogP contribution in [0, 0.1) is 0 Å². The summed E-state index contributed by atoms with van der Waals surface area (Å²) in [5, 5.41) is 3.03. The molecule has 1 amide bonds. The van der Waals surface area contributed by atoms with E-state index in [9.17, 15) is 4.79 Å². The topological polar surface area (TPSA) is 55.1 Å². The van der Waals surface area contributed by atoms with Crippen LogP contribution in [0.1, 0.15) is 22.8 Å². The van der Waals surface area contributed by atoms with Crippen LogP contribution in [0.2, 0.25) is 0 Å². The molecule has 0 radical (unpaired) electrons. The molecule has 1 aromatic rings. The average molecular weight is 178 g/mol. The van der Waals surface area contributed by atoms with Crippen molar-refractivity contribution in [3.8, 4) is 0 Å². The third kappa shape index (κ3) is 1.80. The Hall–Kier alpha value is -1.51. The molecule has 3 heteroatoms. The minimum absolute atomic E-state index is 0.367. The van der Waals surface area contributed by atoms with Gasteiger partial charge in [0.2, 0.25) is 5.91 Å². The van der Waals surface area contributed by atoms with E-state index in [0.29, 0.717) is 5.56 Å². The van der Waals surface area contributed by atoms with Crippen molar-refractivity contribution in [3.05, 3.63) is 29.3 Å². The molecule has 0 bridgehead atoms. The molecule has 0 aliphatic carbocycles. The predicted molar refractivity (Wildman–Crippen MR) is 53.9 cm³/mol. The first kappa shape index (κ1) is 9.58. The number of nitrogens with two attached hydrogens (primary N) is 1. The highest BCUT2D eigenvalue weighted by atomic mass is 16.1. The van der Waals surface area contributed by atoms with Gasteiger partial charge in [-0.15, -0.1) is 0 Å². The fraction of sp³-hybridized carbons (Fsp3) is 0.300. The maximum Gasteiger partial charge on any atom is 0.249 e. The van der Waals surface area contributed by atoms with Crippen molar-refractivity contribution in [2.45, 2.75) is 13.3 Å². The lowest BCUT2D eigenvalue weighted by atomic mass is 10.0. The molecule has 1 rings (SSSR count).